The molecule has 0 fully saturated rings. The van der Waals surface area contributed by atoms with Crippen molar-refractivity contribution in [1.29, 1.82) is 0 Å². The van der Waals surface area contributed by atoms with Crippen LogP contribution in [0.4, 0.5) is 0 Å². The van der Waals surface area contributed by atoms with Crippen LogP contribution in [-0.4, -0.2) is 22.2 Å². The highest BCUT2D eigenvalue weighted by molar-refractivity contribution is 6.16. The lowest BCUT2D eigenvalue weighted by Crippen LogP contribution is -2.04. The van der Waals surface area contributed by atoms with Gasteiger partial charge in [0.25, 0.3) is 0 Å². The molecule has 0 unspecified atom stereocenters. The Hall–Kier alpha value is -2.88. The van der Waals surface area contributed by atoms with Gasteiger partial charge in [0.2, 0.25) is 0 Å². The Morgan fingerprint density at radius 3 is 2.50 bits per heavy atom. The van der Waals surface area contributed by atoms with Crippen molar-refractivity contribution in [2.75, 3.05) is 6.61 Å². The number of pyridine rings is 1. The summed E-state index contributed by atoms with van der Waals surface area (Å²) in [6.45, 7) is 2.15. The average molecular weight is 290 g/mol. The Kier molecular flexibility index (Phi) is 2.82. The Morgan fingerprint density at radius 1 is 1.05 bits per heavy atom. The molecule has 2 aromatic heterocycles. The molecular weight excluding hydrogens is 276 g/mol. The minimum Gasteiger partial charge on any atom is -0.462 e. The first-order chi connectivity index (χ1) is 10.8. The van der Waals surface area contributed by atoms with Crippen molar-refractivity contribution in [2.45, 2.75) is 6.92 Å². The molecule has 0 N–H and O–H groups in total. The second-order valence-corrected chi connectivity index (χ2v) is 5.10. The number of esters is 1. The lowest BCUT2D eigenvalue weighted by molar-refractivity contribution is 0.0528. The molecule has 0 bridgehead atoms. The first-order valence-electron chi connectivity index (χ1n) is 7.25. The molecule has 4 rings (SSSR count). The van der Waals surface area contributed by atoms with E-state index >= 15 is 0 Å². The van der Waals surface area contributed by atoms with Gasteiger partial charge in [-0.05, 0) is 18.4 Å². The van der Waals surface area contributed by atoms with Gasteiger partial charge in [-0.15, -0.1) is 0 Å². The number of aromatic nitrogens is 2. The molecule has 2 aromatic carbocycles. The molecule has 2 heterocycles. The van der Waals surface area contributed by atoms with Crippen LogP contribution in [0.5, 0.6) is 0 Å². The van der Waals surface area contributed by atoms with Crippen molar-refractivity contribution in [3.63, 3.8) is 0 Å². The fraction of sp³-hybridized carbons (Fsp3) is 0.111. The number of carbonyl (C=O) groups excluding carboxylic acids is 1. The third-order valence-electron chi connectivity index (χ3n) is 3.87. The number of benzene rings is 2. The first kappa shape index (κ1) is 12.8. The summed E-state index contributed by atoms with van der Waals surface area (Å²) in [6, 6.07) is 16.1. The molecule has 0 saturated heterocycles. The number of hydrogen-bond donors (Lipinski definition) is 0. The zero-order chi connectivity index (χ0) is 15.1. The first-order valence-corrected chi connectivity index (χ1v) is 7.25. The maximum Gasteiger partial charge on any atom is 0.342 e. The van der Waals surface area contributed by atoms with Gasteiger partial charge in [-0.25, -0.2) is 9.31 Å². The summed E-state index contributed by atoms with van der Waals surface area (Å²) < 4.78 is 6.99. The summed E-state index contributed by atoms with van der Waals surface area (Å²) in [7, 11) is 0. The Labute approximate surface area is 126 Å². The van der Waals surface area contributed by atoms with E-state index in [1.165, 1.54) is 0 Å². The molecule has 0 saturated carbocycles. The molecule has 22 heavy (non-hydrogen) atoms. The normalized spacial score (nSPS) is 11.3. The van der Waals surface area contributed by atoms with Crippen molar-refractivity contribution in [1.82, 2.24) is 9.61 Å². The maximum atomic E-state index is 12.2. The van der Waals surface area contributed by atoms with Crippen LogP contribution in [0.15, 0.2) is 54.7 Å². The number of para-hydroxylation sites is 1. The number of carbonyl (C=O) groups is 1. The molecule has 4 aromatic rings. The minimum atomic E-state index is -0.335. The lowest BCUT2D eigenvalue weighted by Gasteiger charge is -2.08. The van der Waals surface area contributed by atoms with Crippen molar-refractivity contribution in [3.05, 3.63) is 60.3 Å². The molecular formula is C18H14N2O2. The number of rotatable bonds is 2. The Balaban J connectivity index is 2.22. The van der Waals surface area contributed by atoms with Gasteiger partial charge in [0.1, 0.15) is 5.56 Å². The molecule has 0 radical (unpaired) electrons. The lowest BCUT2D eigenvalue weighted by atomic mass is 10.0. The van der Waals surface area contributed by atoms with Gasteiger partial charge in [0.05, 0.1) is 23.8 Å². The van der Waals surface area contributed by atoms with Gasteiger partial charge in [-0.3, -0.25) is 0 Å². The number of ether oxygens (including phenoxy) is 1. The van der Waals surface area contributed by atoms with Crippen LogP contribution >= 0.6 is 0 Å². The van der Waals surface area contributed by atoms with Crippen LogP contribution in [0.25, 0.3) is 27.2 Å². The van der Waals surface area contributed by atoms with E-state index in [0.29, 0.717) is 12.2 Å². The maximum absolute atomic E-state index is 12.2. The number of fused-ring (bicyclic) bond motifs is 6. The number of nitrogens with zero attached hydrogens (tertiary/aromatic N) is 2. The summed E-state index contributed by atoms with van der Waals surface area (Å²) in [5.74, 6) is -0.335. The quantitative estimate of drug-likeness (QED) is 0.416. The fourth-order valence-electron chi connectivity index (χ4n) is 2.96. The molecule has 4 heteroatoms. The Morgan fingerprint density at radius 2 is 1.73 bits per heavy atom. The van der Waals surface area contributed by atoms with Crippen LogP contribution in [0, 0.1) is 0 Å². The molecule has 0 atom stereocenters. The third kappa shape index (κ3) is 1.70. The molecule has 4 nitrogen and oxygen atoms in total. The van der Waals surface area contributed by atoms with Gasteiger partial charge in [0, 0.05) is 10.8 Å². The van der Waals surface area contributed by atoms with Crippen molar-refractivity contribution >= 4 is 33.2 Å². The van der Waals surface area contributed by atoms with Crippen molar-refractivity contribution < 1.29 is 9.53 Å². The molecule has 0 amide bonds. The predicted molar refractivity (Wildman–Crippen MR) is 86.2 cm³/mol. The zero-order valence-corrected chi connectivity index (χ0v) is 12.1. The van der Waals surface area contributed by atoms with Crippen LogP contribution in [0.2, 0.25) is 0 Å². The van der Waals surface area contributed by atoms with E-state index in [4.69, 9.17) is 4.74 Å². The zero-order valence-electron chi connectivity index (χ0n) is 12.1. The van der Waals surface area contributed by atoms with Crippen LogP contribution in [0.1, 0.15) is 17.3 Å². The highest BCUT2D eigenvalue weighted by Gasteiger charge is 2.18. The summed E-state index contributed by atoms with van der Waals surface area (Å²) in [6.07, 6.45) is 1.59. The van der Waals surface area contributed by atoms with E-state index in [-0.39, 0.29) is 5.97 Å². The van der Waals surface area contributed by atoms with Gasteiger partial charge in [0.15, 0.2) is 0 Å². The smallest absolute Gasteiger partial charge is 0.342 e. The predicted octanol–water partition coefficient (Wildman–Crippen LogP) is 3.82. The molecule has 0 aliphatic rings. The second-order valence-electron chi connectivity index (χ2n) is 5.10. The van der Waals surface area contributed by atoms with Crippen LogP contribution in [0.3, 0.4) is 0 Å². The van der Waals surface area contributed by atoms with Crippen LogP contribution in [-0.2, 0) is 4.74 Å². The highest BCUT2D eigenvalue weighted by Crippen LogP contribution is 2.31. The summed E-state index contributed by atoms with van der Waals surface area (Å²) in [5.41, 5.74) is 2.28. The summed E-state index contributed by atoms with van der Waals surface area (Å²) in [4.78, 5) is 12.2. The van der Waals surface area contributed by atoms with E-state index in [1.807, 2.05) is 40.9 Å². The molecule has 108 valence electrons. The van der Waals surface area contributed by atoms with E-state index in [9.17, 15) is 4.79 Å². The van der Waals surface area contributed by atoms with E-state index in [2.05, 4.69) is 17.2 Å². The van der Waals surface area contributed by atoms with Gasteiger partial charge in [-0.1, -0.05) is 42.5 Å². The van der Waals surface area contributed by atoms with Gasteiger partial charge in [-0.2, -0.15) is 5.10 Å². The van der Waals surface area contributed by atoms with Gasteiger partial charge >= 0.3 is 5.97 Å². The molecule has 0 spiro atoms. The molecule has 0 aliphatic carbocycles. The van der Waals surface area contributed by atoms with E-state index in [1.54, 1.807) is 13.1 Å². The van der Waals surface area contributed by atoms with Crippen molar-refractivity contribution in [2.24, 2.45) is 0 Å². The summed E-state index contributed by atoms with van der Waals surface area (Å²) in [5, 5.41) is 7.64. The Bertz CT molecular complexity index is 1020. The van der Waals surface area contributed by atoms with E-state index < -0.39 is 0 Å². The topological polar surface area (TPSA) is 43.6 Å². The number of hydrogen-bond acceptors (Lipinski definition) is 3. The molecule has 0 aliphatic heterocycles. The van der Waals surface area contributed by atoms with Crippen LogP contribution < -0.4 is 0 Å². The van der Waals surface area contributed by atoms with Crippen molar-refractivity contribution in [3.8, 4) is 0 Å². The third-order valence-corrected chi connectivity index (χ3v) is 3.87. The average Bonchev–Trinajstić information content (AvgIpc) is 3.01. The van der Waals surface area contributed by atoms with Gasteiger partial charge < -0.3 is 4.74 Å². The summed E-state index contributed by atoms with van der Waals surface area (Å²) >= 11 is 0. The minimum absolute atomic E-state index is 0.335. The monoisotopic (exact) mass is 290 g/mol. The SMILES string of the molecule is CCOC(=O)c1cnn2c3ccccc3c3ccccc3c12. The van der Waals surface area contributed by atoms with E-state index in [0.717, 1.165) is 27.2 Å². The fourth-order valence-corrected chi connectivity index (χ4v) is 2.96. The highest BCUT2D eigenvalue weighted by atomic mass is 16.5. The standard InChI is InChI=1S/C18H14N2O2/c1-2-22-18(21)15-11-19-20-16-10-6-5-8-13(16)12-7-3-4-9-14(12)17(15)20/h3-11H,2H2,1H3. The largest absolute Gasteiger partial charge is 0.462 e. The second kappa shape index (κ2) is 4.84.